The third kappa shape index (κ3) is 4.30. The first-order valence-corrected chi connectivity index (χ1v) is 9.74. The molecule has 0 radical (unpaired) electrons. The van der Waals surface area contributed by atoms with Crippen LogP contribution in [0.15, 0.2) is 61.2 Å². The van der Waals surface area contributed by atoms with E-state index in [0.29, 0.717) is 18.8 Å². The van der Waals surface area contributed by atoms with Crippen LogP contribution in [0.2, 0.25) is 0 Å². The number of imidazole rings is 1. The Balaban J connectivity index is 1.50. The number of benzene rings is 1. The highest BCUT2D eigenvalue weighted by Crippen LogP contribution is 2.32. The number of methoxy groups -OCH3 is 1. The minimum atomic E-state index is -0.0244. The summed E-state index contributed by atoms with van der Waals surface area (Å²) < 4.78 is 12.4. The zero-order valence-electron chi connectivity index (χ0n) is 16.4. The van der Waals surface area contributed by atoms with Crippen LogP contribution in [0, 0.1) is 0 Å². The molecule has 7 heteroatoms. The molecule has 1 aromatic carbocycles. The fourth-order valence-electron chi connectivity index (χ4n) is 3.58. The van der Waals surface area contributed by atoms with Crippen molar-refractivity contribution in [2.75, 3.05) is 26.9 Å². The Morgan fingerprint density at radius 2 is 2.03 bits per heavy atom. The van der Waals surface area contributed by atoms with Crippen LogP contribution < -0.4 is 4.74 Å². The molecular formula is C22H24N4O3. The first kappa shape index (κ1) is 19.1. The maximum absolute atomic E-state index is 13.1. The normalized spacial score (nSPS) is 16.2. The molecule has 1 aliphatic rings. The van der Waals surface area contributed by atoms with Crippen LogP contribution >= 0.6 is 0 Å². The van der Waals surface area contributed by atoms with Crippen molar-refractivity contribution in [1.82, 2.24) is 19.4 Å². The molecule has 7 nitrogen and oxygen atoms in total. The molecule has 3 heterocycles. The van der Waals surface area contributed by atoms with E-state index in [1.165, 1.54) is 0 Å². The Morgan fingerprint density at radius 3 is 2.79 bits per heavy atom. The standard InChI is InChI=1S/C22H24N4O3/c1-28-14-15-29-18-9-7-17(8-10-18)22(27)26-12-3-5-20(26)19-4-2-6-21(24-19)25-13-11-23-16-25/h2,4,6-11,13,16,20H,3,5,12,14-15H2,1H3/t20-/m0/s1. The second-order valence-electron chi connectivity index (χ2n) is 6.91. The lowest BCUT2D eigenvalue weighted by molar-refractivity contribution is 0.0733. The molecule has 0 N–H and O–H groups in total. The second-order valence-corrected chi connectivity index (χ2v) is 6.91. The highest BCUT2D eigenvalue weighted by atomic mass is 16.5. The summed E-state index contributed by atoms with van der Waals surface area (Å²) in [6.45, 7) is 1.74. The van der Waals surface area contributed by atoms with E-state index in [1.807, 2.05) is 58.1 Å². The predicted molar refractivity (Wildman–Crippen MR) is 108 cm³/mol. The number of aromatic nitrogens is 3. The van der Waals surface area contributed by atoms with Gasteiger partial charge in [0.25, 0.3) is 5.91 Å². The Morgan fingerprint density at radius 1 is 1.17 bits per heavy atom. The Labute approximate surface area is 169 Å². The largest absolute Gasteiger partial charge is 0.491 e. The summed E-state index contributed by atoms with van der Waals surface area (Å²) in [6, 6.07) is 13.2. The number of hydrogen-bond donors (Lipinski definition) is 0. The van der Waals surface area contributed by atoms with E-state index in [4.69, 9.17) is 14.5 Å². The van der Waals surface area contributed by atoms with E-state index >= 15 is 0 Å². The van der Waals surface area contributed by atoms with Crippen LogP contribution in [0.25, 0.3) is 5.82 Å². The molecule has 29 heavy (non-hydrogen) atoms. The van der Waals surface area contributed by atoms with Gasteiger partial charge in [0.2, 0.25) is 0 Å². The van der Waals surface area contributed by atoms with Crippen molar-refractivity contribution in [1.29, 1.82) is 0 Å². The summed E-state index contributed by atoms with van der Waals surface area (Å²) in [5.41, 5.74) is 1.56. The van der Waals surface area contributed by atoms with E-state index in [2.05, 4.69) is 4.98 Å². The molecule has 2 aromatic heterocycles. The van der Waals surface area contributed by atoms with Crippen LogP contribution in [0.3, 0.4) is 0 Å². The molecule has 0 bridgehead atoms. The highest BCUT2D eigenvalue weighted by molar-refractivity contribution is 5.94. The lowest BCUT2D eigenvalue weighted by atomic mass is 10.1. The van der Waals surface area contributed by atoms with Crippen LogP contribution in [0.4, 0.5) is 0 Å². The average molecular weight is 392 g/mol. The maximum Gasteiger partial charge on any atom is 0.254 e. The second kappa shape index (κ2) is 8.87. The number of hydrogen-bond acceptors (Lipinski definition) is 5. The molecule has 1 saturated heterocycles. The monoisotopic (exact) mass is 392 g/mol. The van der Waals surface area contributed by atoms with Gasteiger partial charge < -0.3 is 14.4 Å². The highest BCUT2D eigenvalue weighted by Gasteiger charge is 2.31. The molecule has 4 rings (SSSR count). The summed E-state index contributed by atoms with van der Waals surface area (Å²) in [5.74, 6) is 1.55. The van der Waals surface area contributed by atoms with Crippen molar-refractivity contribution in [2.24, 2.45) is 0 Å². The van der Waals surface area contributed by atoms with Crippen molar-refractivity contribution >= 4 is 5.91 Å². The van der Waals surface area contributed by atoms with Crippen molar-refractivity contribution < 1.29 is 14.3 Å². The van der Waals surface area contributed by atoms with Gasteiger partial charge in [-0.1, -0.05) is 6.07 Å². The molecule has 1 fully saturated rings. The summed E-state index contributed by atoms with van der Waals surface area (Å²) >= 11 is 0. The van der Waals surface area contributed by atoms with Crippen LogP contribution in [0.5, 0.6) is 5.75 Å². The molecule has 0 saturated carbocycles. The van der Waals surface area contributed by atoms with Gasteiger partial charge >= 0.3 is 0 Å². The fourth-order valence-corrected chi connectivity index (χ4v) is 3.58. The Kier molecular flexibility index (Phi) is 5.86. The molecule has 1 atom stereocenters. The zero-order chi connectivity index (χ0) is 20.1. The topological polar surface area (TPSA) is 69.5 Å². The maximum atomic E-state index is 13.1. The van der Waals surface area contributed by atoms with E-state index in [1.54, 1.807) is 19.6 Å². The first-order valence-electron chi connectivity index (χ1n) is 9.74. The number of carbonyl (C=O) groups is 1. The summed E-state index contributed by atoms with van der Waals surface area (Å²) in [5, 5.41) is 0. The molecule has 3 aromatic rings. The van der Waals surface area contributed by atoms with Gasteiger partial charge in [-0.3, -0.25) is 9.36 Å². The van der Waals surface area contributed by atoms with Gasteiger partial charge in [0.05, 0.1) is 18.3 Å². The number of pyridine rings is 1. The minimum Gasteiger partial charge on any atom is -0.491 e. The zero-order valence-corrected chi connectivity index (χ0v) is 16.4. The fraction of sp³-hybridized carbons (Fsp3) is 0.318. The van der Waals surface area contributed by atoms with Gasteiger partial charge in [-0.2, -0.15) is 0 Å². The smallest absolute Gasteiger partial charge is 0.254 e. The number of likely N-dealkylation sites (tertiary alicyclic amines) is 1. The molecule has 1 aliphatic heterocycles. The first-order chi connectivity index (χ1) is 14.3. The van der Waals surface area contributed by atoms with Gasteiger partial charge in [-0.05, 0) is 49.2 Å². The van der Waals surface area contributed by atoms with Crippen LogP contribution in [-0.4, -0.2) is 52.2 Å². The SMILES string of the molecule is COCCOc1ccc(C(=O)N2CCC[C@H]2c2cccc(-n3ccnc3)n2)cc1. The minimum absolute atomic E-state index is 0.0192. The van der Waals surface area contributed by atoms with Crippen LogP contribution in [-0.2, 0) is 4.74 Å². The predicted octanol–water partition coefficient (Wildman–Crippen LogP) is 3.27. The molecule has 150 valence electrons. The van der Waals surface area contributed by atoms with E-state index in [-0.39, 0.29) is 11.9 Å². The molecule has 0 aliphatic carbocycles. The molecule has 1 amide bonds. The molecule has 0 unspecified atom stereocenters. The summed E-state index contributed by atoms with van der Waals surface area (Å²) in [6.07, 6.45) is 7.18. The summed E-state index contributed by atoms with van der Waals surface area (Å²) in [7, 11) is 1.64. The van der Waals surface area contributed by atoms with Crippen molar-refractivity contribution in [2.45, 2.75) is 18.9 Å². The van der Waals surface area contributed by atoms with Gasteiger partial charge in [0, 0.05) is 31.6 Å². The van der Waals surface area contributed by atoms with Crippen molar-refractivity contribution in [3.8, 4) is 11.6 Å². The van der Waals surface area contributed by atoms with Gasteiger partial charge in [0.15, 0.2) is 0 Å². The van der Waals surface area contributed by atoms with Crippen molar-refractivity contribution in [3.63, 3.8) is 0 Å². The lowest BCUT2D eigenvalue weighted by Gasteiger charge is -2.25. The number of nitrogens with zero attached hydrogens (tertiary/aromatic N) is 4. The number of amides is 1. The van der Waals surface area contributed by atoms with E-state index in [9.17, 15) is 4.79 Å². The van der Waals surface area contributed by atoms with E-state index < -0.39 is 0 Å². The molecule has 0 spiro atoms. The van der Waals surface area contributed by atoms with Gasteiger partial charge in [-0.15, -0.1) is 0 Å². The Bertz CT molecular complexity index is 941. The quantitative estimate of drug-likeness (QED) is 0.577. The molecular weight excluding hydrogens is 368 g/mol. The third-order valence-electron chi connectivity index (χ3n) is 5.04. The van der Waals surface area contributed by atoms with Gasteiger partial charge in [-0.25, -0.2) is 9.97 Å². The van der Waals surface area contributed by atoms with Crippen LogP contribution in [0.1, 0.15) is 34.9 Å². The lowest BCUT2D eigenvalue weighted by Crippen LogP contribution is -2.31. The van der Waals surface area contributed by atoms with Crippen molar-refractivity contribution in [3.05, 3.63) is 72.4 Å². The Hall–Kier alpha value is -3.19. The number of ether oxygens (including phenoxy) is 2. The number of rotatable bonds is 7. The van der Waals surface area contributed by atoms with Gasteiger partial charge in [0.1, 0.15) is 24.5 Å². The number of carbonyl (C=O) groups excluding carboxylic acids is 1. The summed E-state index contributed by atoms with van der Waals surface area (Å²) in [4.78, 5) is 23.9. The third-order valence-corrected chi connectivity index (χ3v) is 5.04. The average Bonchev–Trinajstić information content (AvgIpc) is 3.46. The van der Waals surface area contributed by atoms with E-state index in [0.717, 1.165) is 36.6 Å².